The second kappa shape index (κ2) is 4.77. The molecule has 6 heteroatoms. The van der Waals surface area contributed by atoms with Gasteiger partial charge in [0, 0.05) is 5.69 Å². The highest BCUT2D eigenvalue weighted by atomic mass is 35.5. The Kier molecular flexibility index (Phi) is 4.50. The Labute approximate surface area is 94.5 Å². The Morgan fingerprint density at radius 3 is 2.33 bits per heavy atom. The summed E-state index contributed by atoms with van der Waals surface area (Å²) in [5.41, 5.74) is 1.08. The van der Waals surface area contributed by atoms with E-state index in [0.29, 0.717) is 11.1 Å². The topological polar surface area (TPSA) is 67.3 Å². The van der Waals surface area contributed by atoms with E-state index in [9.17, 15) is 9.36 Å². The smallest absolute Gasteiger partial charge is 0.335 e. The van der Waals surface area contributed by atoms with Crippen LogP contribution in [0, 0.1) is 6.92 Å². The molecule has 0 aliphatic heterocycles. The quantitative estimate of drug-likeness (QED) is 0.811. The molecular formula is C9H13ClNO3P. The van der Waals surface area contributed by atoms with E-state index < -0.39 is 13.1 Å². The lowest BCUT2D eigenvalue weighted by Gasteiger charge is -2.07. The molecule has 0 amide bonds. The van der Waals surface area contributed by atoms with E-state index in [0.717, 1.165) is 0 Å². The van der Waals surface area contributed by atoms with Crippen LogP contribution in [0.4, 0.5) is 0 Å². The first kappa shape index (κ1) is 14.1. The number of pyridine rings is 1. The molecule has 1 aromatic rings. The molecule has 0 aliphatic rings. The number of hydrogen-bond donors (Lipinski definition) is 1. The molecule has 1 aromatic heterocycles. The third-order valence-electron chi connectivity index (χ3n) is 1.74. The van der Waals surface area contributed by atoms with Gasteiger partial charge in [0.05, 0.1) is 5.56 Å². The van der Waals surface area contributed by atoms with Crippen molar-refractivity contribution in [2.75, 3.05) is 13.3 Å². The zero-order valence-corrected chi connectivity index (χ0v) is 10.4. The monoisotopic (exact) mass is 249 g/mol. The number of aromatic nitrogens is 1. The summed E-state index contributed by atoms with van der Waals surface area (Å²) in [4.78, 5) is 14.8. The average Bonchev–Trinajstić information content (AvgIpc) is 2.01. The minimum absolute atomic E-state index is 0. The van der Waals surface area contributed by atoms with Gasteiger partial charge in [0.15, 0.2) is 0 Å². The number of aromatic carboxylic acids is 1. The van der Waals surface area contributed by atoms with Crippen LogP contribution >= 0.6 is 19.5 Å². The van der Waals surface area contributed by atoms with Crippen molar-refractivity contribution in [3.63, 3.8) is 0 Å². The molecule has 0 aromatic carbocycles. The SMILES string of the molecule is Cc1cc(C(=O)O)cc(P(C)(C)=O)n1.Cl. The highest BCUT2D eigenvalue weighted by molar-refractivity contribution is 7.69. The van der Waals surface area contributed by atoms with Crippen LogP contribution in [0.3, 0.4) is 0 Å². The Bertz CT molecular complexity index is 427. The number of rotatable bonds is 2. The number of carboxylic acid groups (broad SMARTS) is 1. The fraction of sp³-hybridized carbons (Fsp3) is 0.333. The van der Waals surface area contributed by atoms with E-state index in [-0.39, 0.29) is 18.0 Å². The maximum atomic E-state index is 11.7. The van der Waals surface area contributed by atoms with Crippen LogP contribution < -0.4 is 5.44 Å². The fourth-order valence-electron chi connectivity index (χ4n) is 1.05. The van der Waals surface area contributed by atoms with Crippen LogP contribution in [0.1, 0.15) is 16.1 Å². The number of carboxylic acids is 1. The molecule has 0 fully saturated rings. The van der Waals surface area contributed by atoms with Crippen molar-refractivity contribution in [1.82, 2.24) is 4.98 Å². The Balaban J connectivity index is 0.00000196. The summed E-state index contributed by atoms with van der Waals surface area (Å²) in [6, 6.07) is 2.83. The predicted octanol–water partition coefficient (Wildman–Crippen LogP) is 1.76. The maximum absolute atomic E-state index is 11.7. The highest BCUT2D eigenvalue weighted by Gasteiger charge is 2.16. The predicted molar refractivity (Wildman–Crippen MR) is 62.3 cm³/mol. The second-order valence-corrected chi connectivity index (χ2v) is 6.67. The van der Waals surface area contributed by atoms with Crippen LogP contribution in [0.15, 0.2) is 12.1 Å². The molecule has 1 heterocycles. The van der Waals surface area contributed by atoms with Gasteiger partial charge < -0.3 is 9.67 Å². The van der Waals surface area contributed by atoms with E-state index in [2.05, 4.69) is 4.98 Å². The molecule has 84 valence electrons. The van der Waals surface area contributed by atoms with Crippen LogP contribution in [0.5, 0.6) is 0 Å². The van der Waals surface area contributed by atoms with Gasteiger partial charge in [-0.1, -0.05) is 0 Å². The van der Waals surface area contributed by atoms with Crippen molar-refractivity contribution in [2.45, 2.75) is 6.92 Å². The van der Waals surface area contributed by atoms with Gasteiger partial charge in [0.1, 0.15) is 12.6 Å². The lowest BCUT2D eigenvalue weighted by molar-refractivity contribution is 0.0696. The third-order valence-corrected chi connectivity index (χ3v) is 3.07. The summed E-state index contributed by atoms with van der Waals surface area (Å²) in [6.45, 7) is 4.83. The van der Waals surface area contributed by atoms with Gasteiger partial charge in [-0.3, -0.25) is 4.98 Å². The second-order valence-electron chi connectivity index (χ2n) is 3.51. The van der Waals surface area contributed by atoms with E-state index in [1.54, 1.807) is 20.3 Å². The van der Waals surface area contributed by atoms with Gasteiger partial charge in [0.25, 0.3) is 0 Å². The molecule has 15 heavy (non-hydrogen) atoms. The van der Waals surface area contributed by atoms with Gasteiger partial charge in [-0.2, -0.15) is 0 Å². The molecule has 0 spiro atoms. The fourth-order valence-corrected chi connectivity index (χ4v) is 1.90. The molecule has 0 saturated carbocycles. The number of carbonyl (C=O) groups is 1. The first-order chi connectivity index (χ1) is 6.30. The lowest BCUT2D eigenvalue weighted by Crippen LogP contribution is -2.13. The Morgan fingerprint density at radius 1 is 1.40 bits per heavy atom. The van der Waals surface area contributed by atoms with Crippen molar-refractivity contribution >= 4 is 31.0 Å². The van der Waals surface area contributed by atoms with Crippen LogP contribution in [0.2, 0.25) is 0 Å². The molecular weight excluding hydrogens is 237 g/mol. The summed E-state index contributed by atoms with van der Waals surface area (Å²) in [5, 5.41) is 8.78. The largest absolute Gasteiger partial charge is 0.478 e. The first-order valence-corrected chi connectivity index (χ1v) is 6.68. The number of halogens is 1. The van der Waals surface area contributed by atoms with E-state index in [4.69, 9.17) is 5.11 Å². The van der Waals surface area contributed by atoms with Crippen molar-refractivity contribution in [3.05, 3.63) is 23.4 Å². The Morgan fingerprint density at radius 2 is 1.93 bits per heavy atom. The standard InChI is InChI=1S/C9H12NO3P.ClH/c1-6-4-7(9(11)12)5-8(10-6)14(2,3)13;/h4-5H,1-3H3,(H,11,12);1H. The molecule has 0 aliphatic carbocycles. The zero-order chi connectivity index (χ0) is 10.9. The molecule has 1 rings (SSSR count). The van der Waals surface area contributed by atoms with Crippen molar-refractivity contribution in [1.29, 1.82) is 0 Å². The molecule has 0 saturated heterocycles. The Hall–Kier alpha value is -0.860. The maximum Gasteiger partial charge on any atom is 0.335 e. The molecule has 0 atom stereocenters. The summed E-state index contributed by atoms with van der Waals surface area (Å²) in [5.74, 6) is -1.02. The van der Waals surface area contributed by atoms with Crippen LogP contribution in [0.25, 0.3) is 0 Å². The van der Waals surface area contributed by atoms with Crippen molar-refractivity contribution in [3.8, 4) is 0 Å². The number of nitrogens with zero attached hydrogens (tertiary/aromatic N) is 1. The third kappa shape index (κ3) is 3.65. The normalized spacial score (nSPS) is 10.6. The molecule has 0 unspecified atom stereocenters. The number of hydrogen-bond acceptors (Lipinski definition) is 3. The molecule has 0 radical (unpaired) electrons. The van der Waals surface area contributed by atoms with Gasteiger partial charge in [-0.25, -0.2) is 4.79 Å². The van der Waals surface area contributed by atoms with Gasteiger partial charge in [0.2, 0.25) is 0 Å². The summed E-state index contributed by atoms with van der Waals surface area (Å²) in [6.07, 6.45) is 0. The van der Waals surface area contributed by atoms with E-state index in [1.807, 2.05) is 0 Å². The molecule has 4 nitrogen and oxygen atoms in total. The minimum atomic E-state index is -2.49. The van der Waals surface area contributed by atoms with Crippen molar-refractivity contribution < 1.29 is 14.5 Å². The molecule has 1 N–H and O–H groups in total. The van der Waals surface area contributed by atoms with E-state index >= 15 is 0 Å². The summed E-state index contributed by atoms with van der Waals surface area (Å²) >= 11 is 0. The van der Waals surface area contributed by atoms with Gasteiger partial charge in [-0.15, -0.1) is 12.4 Å². The number of aryl methyl sites for hydroxylation is 1. The van der Waals surface area contributed by atoms with Gasteiger partial charge in [-0.05, 0) is 32.4 Å². The lowest BCUT2D eigenvalue weighted by atomic mass is 10.2. The zero-order valence-electron chi connectivity index (χ0n) is 8.72. The highest BCUT2D eigenvalue weighted by Crippen LogP contribution is 2.33. The minimum Gasteiger partial charge on any atom is -0.478 e. The summed E-state index contributed by atoms with van der Waals surface area (Å²) < 4.78 is 11.7. The average molecular weight is 250 g/mol. The molecule has 0 bridgehead atoms. The van der Waals surface area contributed by atoms with Gasteiger partial charge >= 0.3 is 5.97 Å². The van der Waals surface area contributed by atoms with E-state index in [1.165, 1.54) is 12.1 Å². The van der Waals surface area contributed by atoms with Crippen LogP contribution in [-0.4, -0.2) is 29.4 Å². The summed E-state index contributed by atoms with van der Waals surface area (Å²) in [7, 11) is -2.49. The van der Waals surface area contributed by atoms with Crippen molar-refractivity contribution in [2.24, 2.45) is 0 Å². The van der Waals surface area contributed by atoms with Crippen LogP contribution in [-0.2, 0) is 4.57 Å². The first-order valence-electron chi connectivity index (χ1n) is 4.08.